The third kappa shape index (κ3) is 4.13. The van der Waals surface area contributed by atoms with Crippen LogP contribution in [-0.4, -0.2) is 6.54 Å². The van der Waals surface area contributed by atoms with E-state index in [1.807, 2.05) is 0 Å². The van der Waals surface area contributed by atoms with E-state index in [2.05, 4.69) is 65.1 Å². The van der Waals surface area contributed by atoms with Gasteiger partial charge in [0.05, 0.1) is 0 Å². The van der Waals surface area contributed by atoms with Crippen molar-refractivity contribution < 1.29 is 0 Å². The van der Waals surface area contributed by atoms with Gasteiger partial charge < -0.3 is 5.32 Å². The minimum Gasteiger partial charge on any atom is -0.312 e. The molecule has 1 rings (SSSR count). The molecule has 18 heavy (non-hydrogen) atoms. The second-order valence-electron chi connectivity index (χ2n) is 6.15. The Morgan fingerprint density at radius 1 is 0.944 bits per heavy atom. The second-order valence-corrected chi connectivity index (χ2v) is 6.15. The van der Waals surface area contributed by atoms with Crippen LogP contribution in [0.15, 0.2) is 18.2 Å². The number of benzene rings is 1. The Bertz CT molecular complexity index is 338. The van der Waals surface area contributed by atoms with Crippen LogP contribution in [0.5, 0.6) is 0 Å². The monoisotopic (exact) mass is 247 g/mol. The Morgan fingerprint density at radius 3 is 1.89 bits per heavy atom. The van der Waals surface area contributed by atoms with Crippen molar-refractivity contribution >= 4 is 0 Å². The molecular weight excluding hydrogens is 218 g/mol. The van der Waals surface area contributed by atoms with Crippen molar-refractivity contribution in [3.8, 4) is 0 Å². The highest BCUT2D eigenvalue weighted by Gasteiger charge is 2.16. The van der Waals surface area contributed by atoms with Crippen molar-refractivity contribution in [3.05, 3.63) is 34.9 Å². The normalized spacial score (nSPS) is 11.8. The highest BCUT2D eigenvalue weighted by molar-refractivity contribution is 5.33. The summed E-state index contributed by atoms with van der Waals surface area (Å²) in [6, 6.07) is 6.54. The van der Waals surface area contributed by atoms with Gasteiger partial charge in [0.25, 0.3) is 0 Å². The summed E-state index contributed by atoms with van der Waals surface area (Å²) >= 11 is 0. The van der Waals surface area contributed by atoms with Gasteiger partial charge in [0.15, 0.2) is 0 Å². The van der Waals surface area contributed by atoms with Gasteiger partial charge in [0.2, 0.25) is 0 Å². The standard InChI is InChI=1S/C17H29N/c1-12(2)16(13(3)4)10-18-11-17-14(5)8-7-9-15(17)6/h7-9,12-13,16,18H,10-11H2,1-6H3. The molecule has 1 N–H and O–H groups in total. The number of nitrogens with one attached hydrogen (secondary N) is 1. The first-order chi connectivity index (χ1) is 8.43. The van der Waals surface area contributed by atoms with Gasteiger partial charge in [-0.2, -0.15) is 0 Å². The SMILES string of the molecule is Cc1cccc(C)c1CNCC(C(C)C)C(C)C. The van der Waals surface area contributed by atoms with E-state index in [9.17, 15) is 0 Å². The van der Waals surface area contributed by atoms with E-state index >= 15 is 0 Å². The van der Waals surface area contributed by atoms with Crippen LogP contribution in [-0.2, 0) is 6.54 Å². The fourth-order valence-electron chi connectivity index (χ4n) is 2.73. The highest BCUT2D eigenvalue weighted by atomic mass is 14.9. The van der Waals surface area contributed by atoms with E-state index in [0.717, 1.165) is 30.8 Å². The molecule has 0 aromatic heterocycles. The summed E-state index contributed by atoms with van der Waals surface area (Å²) in [6.45, 7) is 15.8. The van der Waals surface area contributed by atoms with Gasteiger partial charge in [0, 0.05) is 6.54 Å². The van der Waals surface area contributed by atoms with Gasteiger partial charge in [-0.15, -0.1) is 0 Å². The molecule has 1 heteroatoms. The first kappa shape index (κ1) is 15.2. The molecule has 1 nitrogen and oxygen atoms in total. The lowest BCUT2D eigenvalue weighted by atomic mass is 9.85. The first-order valence-corrected chi connectivity index (χ1v) is 7.19. The Morgan fingerprint density at radius 2 is 1.44 bits per heavy atom. The molecule has 0 aliphatic carbocycles. The third-order valence-electron chi connectivity index (χ3n) is 4.04. The van der Waals surface area contributed by atoms with Gasteiger partial charge in [-0.1, -0.05) is 45.9 Å². The molecule has 0 unspecified atom stereocenters. The van der Waals surface area contributed by atoms with Gasteiger partial charge >= 0.3 is 0 Å². The van der Waals surface area contributed by atoms with Crippen LogP contribution in [0.4, 0.5) is 0 Å². The Hall–Kier alpha value is -0.820. The van der Waals surface area contributed by atoms with Crippen LogP contribution < -0.4 is 5.32 Å². The summed E-state index contributed by atoms with van der Waals surface area (Å²) in [4.78, 5) is 0. The Balaban J connectivity index is 2.55. The number of hydrogen-bond donors (Lipinski definition) is 1. The zero-order valence-corrected chi connectivity index (χ0v) is 12.9. The molecule has 0 saturated carbocycles. The van der Waals surface area contributed by atoms with E-state index in [0.29, 0.717) is 0 Å². The van der Waals surface area contributed by atoms with Crippen molar-refractivity contribution in [1.29, 1.82) is 0 Å². The van der Waals surface area contributed by atoms with Crippen molar-refractivity contribution in [2.45, 2.75) is 48.1 Å². The molecule has 0 aliphatic rings. The van der Waals surface area contributed by atoms with Crippen molar-refractivity contribution in [2.75, 3.05) is 6.54 Å². The first-order valence-electron chi connectivity index (χ1n) is 7.19. The van der Waals surface area contributed by atoms with Crippen LogP contribution in [0.3, 0.4) is 0 Å². The molecule has 1 aromatic carbocycles. The maximum atomic E-state index is 3.65. The summed E-state index contributed by atoms with van der Waals surface area (Å²) in [6.07, 6.45) is 0. The van der Waals surface area contributed by atoms with E-state index in [1.165, 1.54) is 16.7 Å². The largest absolute Gasteiger partial charge is 0.312 e. The zero-order chi connectivity index (χ0) is 13.7. The van der Waals surface area contributed by atoms with Gasteiger partial charge in [-0.05, 0) is 54.8 Å². The molecule has 0 amide bonds. The number of rotatable bonds is 6. The van der Waals surface area contributed by atoms with Crippen LogP contribution in [0.25, 0.3) is 0 Å². The van der Waals surface area contributed by atoms with Crippen molar-refractivity contribution in [3.63, 3.8) is 0 Å². The minimum absolute atomic E-state index is 0.746. The molecule has 0 heterocycles. The van der Waals surface area contributed by atoms with Gasteiger partial charge in [-0.3, -0.25) is 0 Å². The molecule has 0 saturated heterocycles. The van der Waals surface area contributed by atoms with Crippen molar-refractivity contribution in [2.24, 2.45) is 17.8 Å². The highest BCUT2D eigenvalue weighted by Crippen LogP contribution is 2.20. The summed E-state index contributed by atoms with van der Waals surface area (Å²) in [7, 11) is 0. The maximum absolute atomic E-state index is 3.65. The van der Waals surface area contributed by atoms with Gasteiger partial charge in [-0.25, -0.2) is 0 Å². The smallest absolute Gasteiger partial charge is 0.0210 e. The minimum atomic E-state index is 0.746. The van der Waals surface area contributed by atoms with Crippen molar-refractivity contribution in [1.82, 2.24) is 5.32 Å². The quantitative estimate of drug-likeness (QED) is 0.789. The van der Waals surface area contributed by atoms with Crippen LogP contribution >= 0.6 is 0 Å². The van der Waals surface area contributed by atoms with Crippen LogP contribution in [0, 0.1) is 31.6 Å². The fourth-order valence-corrected chi connectivity index (χ4v) is 2.73. The van der Waals surface area contributed by atoms with Crippen LogP contribution in [0.1, 0.15) is 44.4 Å². The third-order valence-corrected chi connectivity index (χ3v) is 4.04. The lowest BCUT2D eigenvalue weighted by Crippen LogP contribution is -2.29. The van der Waals surface area contributed by atoms with E-state index in [-0.39, 0.29) is 0 Å². The summed E-state index contributed by atoms with van der Waals surface area (Å²) in [5, 5.41) is 3.65. The number of aryl methyl sites for hydroxylation is 2. The van der Waals surface area contributed by atoms with E-state index < -0.39 is 0 Å². The molecule has 0 atom stereocenters. The summed E-state index contributed by atoms with van der Waals surface area (Å²) < 4.78 is 0. The average molecular weight is 247 g/mol. The predicted octanol–water partition coefficient (Wildman–Crippen LogP) is 4.32. The molecular formula is C17H29N. The topological polar surface area (TPSA) is 12.0 Å². The van der Waals surface area contributed by atoms with E-state index in [4.69, 9.17) is 0 Å². The Labute approximate surface area is 113 Å². The zero-order valence-electron chi connectivity index (χ0n) is 12.9. The maximum Gasteiger partial charge on any atom is 0.0210 e. The lowest BCUT2D eigenvalue weighted by molar-refractivity contribution is 0.275. The molecule has 0 aliphatic heterocycles. The molecule has 0 bridgehead atoms. The molecule has 0 fully saturated rings. The lowest BCUT2D eigenvalue weighted by Gasteiger charge is -2.25. The molecule has 0 spiro atoms. The number of hydrogen-bond acceptors (Lipinski definition) is 1. The average Bonchev–Trinajstić information content (AvgIpc) is 2.26. The van der Waals surface area contributed by atoms with Gasteiger partial charge in [0.1, 0.15) is 0 Å². The van der Waals surface area contributed by atoms with Crippen LogP contribution in [0.2, 0.25) is 0 Å². The van der Waals surface area contributed by atoms with E-state index in [1.54, 1.807) is 0 Å². The fraction of sp³-hybridized carbons (Fsp3) is 0.647. The summed E-state index contributed by atoms with van der Waals surface area (Å²) in [5.41, 5.74) is 4.25. The summed E-state index contributed by atoms with van der Waals surface area (Å²) in [5.74, 6) is 2.25. The Kier molecular flexibility index (Phi) is 5.87. The molecule has 102 valence electrons. The second kappa shape index (κ2) is 6.94. The predicted molar refractivity (Wildman–Crippen MR) is 80.8 cm³/mol. The molecule has 1 aromatic rings. The molecule has 0 radical (unpaired) electrons.